The number of nitrogen functional groups attached to an aromatic ring is 1. The second-order valence-electron chi connectivity index (χ2n) is 3.88. The van der Waals surface area contributed by atoms with E-state index in [4.69, 9.17) is 17.3 Å². The number of anilines is 1. The molecule has 0 saturated carbocycles. The number of halogens is 1. The number of rotatable bonds is 3. The van der Waals surface area contributed by atoms with Gasteiger partial charge in [-0.3, -0.25) is 0 Å². The monoisotopic (exact) mass is 243 g/mol. The van der Waals surface area contributed by atoms with Gasteiger partial charge in [-0.25, -0.2) is 0 Å². The molecule has 2 aromatic carbocycles. The molecule has 2 N–H and O–H groups in total. The van der Waals surface area contributed by atoms with Crippen molar-refractivity contribution in [3.63, 3.8) is 0 Å². The molecule has 2 heteroatoms. The van der Waals surface area contributed by atoms with Gasteiger partial charge in [-0.1, -0.05) is 60.1 Å². The van der Waals surface area contributed by atoms with E-state index in [9.17, 15) is 0 Å². The quantitative estimate of drug-likeness (QED) is 0.808. The molecule has 0 aromatic heterocycles. The summed E-state index contributed by atoms with van der Waals surface area (Å²) < 4.78 is 0. The van der Waals surface area contributed by atoms with Crippen LogP contribution < -0.4 is 5.73 Å². The first kappa shape index (κ1) is 11.7. The Balaban J connectivity index is 2.16. The Bertz CT molecular complexity index is 517. The van der Waals surface area contributed by atoms with Crippen LogP contribution in [0.4, 0.5) is 5.69 Å². The third-order valence-electron chi connectivity index (χ3n) is 2.52. The molecule has 2 rings (SSSR count). The highest BCUT2D eigenvalue weighted by Gasteiger charge is 1.98. The molecule has 0 heterocycles. The Kier molecular flexibility index (Phi) is 3.84. The van der Waals surface area contributed by atoms with Crippen LogP contribution in [0.25, 0.3) is 6.08 Å². The summed E-state index contributed by atoms with van der Waals surface area (Å²) in [6.45, 7) is 0. The van der Waals surface area contributed by atoms with Crippen molar-refractivity contribution in [2.45, 2.75) is 6.42 Å². The second-order valence-corrected chi connectivity index (χ2v) is 4.37. The van der Waals surface area contributed by atoms with Crippen LogP contribution in [0.2, 0.25) is 0 Å². The van der Waals surface area contributed by atoms with E-state index in [1.54, 1.807) is 0 Å². The zero-order valence-corrected chi connectivity index (χ0v) is 10.2. The predicted octanol–water partition coefficient (Wildman–Crippen LogP) is 4.09. The minimum Gasteiger partial charge on any atom is -0.398 e. The van der Waals surface area contributed by atoms with Crippen molar-refractivity contribution in [3.05, 3.63) is 70.8 Å². The Labute approximate surface area is 107 Å². The van der Waals surface area contributed by atoms with Gasteiger partial charge in [0.05, 0.1) is 0 Å². The summed E-state index contributed by atoms with van der Waals surface area (Å²) in [6.07, 6.45) is 2.65. The van der Waals surface area contributed by atoms with E-state index >= 15 is 0 Å². The summed E-state index contributed by atoms with van der Waals surface area (Å²) in [6, 6.07) is 17.8. The van der Waals surface area contributed by atoms with Crippen LogP contribution in [0.15, 0.2) is 59.6 Å². The summed E-state index contributed by atoms with van der Waals surface area (Å²) in [4.78, 5) is 0. The van der Waals surface area contributed by atoms with Crippen molar-refractivity contribution in [2.75, 3.05) is 5.73 Å². The largest absolute Gasteiger partial charge is 0.398 e. The standard InChI is InChI=1S/C15H14ClN/c16-14(10-12-6-2-1-3-7-12)11-13-8-4-5-9-15(13)17/h1-9,11H,10,17H2/b14-11-. The molecule has 86 valence electrons. The molecule has 0 atom stereocenters. The lowest BCUT2D eigenvalue weighted by Crippen LogP contribution is -1.89. The van der Waals surface area contributed by atoms with Gasteiger partial charge in [0, 0.05) is 17.1 Å². The first-order valence-electron chi connectivity index (χ1n) is 5.50. The minimum absolute atomic E-state index is 0.733. The van der Waals surface area contributed by atoms with E-state index in [2.05, 4.69) is 12.1 Å². The molecule has 0 bridgehead atoms. The van der Waals surface area contributed by atoms with Gasteiger partial charge >= 0.3 is 0 Å². The number of nitrogens with two attached hydrogens (primary N) is 1. The second kappa shape index (κ2) is 5.55. The van der Waals surface area contributed by atoms with Gasteiger partial charge in [0.2, 0.25) is 0 Å². The summed E-state index contributed by atoms with van der Waals surface area (Å²) in [5.74, 6) is 0. The maximum absolute atomic E-state index is 6.23. The molecule has 0 amide bonds. The molecule has 0 unspecified atom stereocenters. The van der Waals surface area contributed by atoms with Crippen molar-refractivity contribution >= 4 is 23.4 Å². The van der Waals surface area contributed by atoms with Crippen molar-refractivity contribution in [3.8, 4) is 0 Å². The molecule has 1 nitrogen and oxygen atoms in total. The lowest BCUT2D eigenvalue weighted by Gasteiger charge is -2.02. The molecular formula is C15H14ClN. The molecule has 0 aliphatic rings. The Morgan fingerprint density at radius 1 is 1.00 bits per heavy atom. The van der Waals surface area contributed by atoms with E-state index in [1.165, 1.54) is 5.56 Å². The van der Waals surface area contributed by atoms with Gasteiger partial charge in [-0.15, -0.1) is 0 Å². The maximum atomic E-state index is 6.23. The number of allylic oxidation sites excluding steroid dienone is 1. The van der Waals surface area contributed by atoms with Gasteiger partial charge in [0.15, 0.2) is 0 Å². The first-order valence-corrected chi connectivity index (χ1v) is 5.88. The van der Waals surface area contributed by atoms with Crippen LogP contribution >= 0.6 is 11.6 Å². The zero-order valence-electron chi connectivity index (χ0n) is 9.44. The third-order valence-corrected chi connectivity index (χ3v) is 2.77. The molecule has 0 saturated heterocycles. The van der Waals surface area contributed by atoms with Crippen molar-refractivity contribution < 1.29 is 0 Å². The normalized spacial score (nSPS) is 11.5. The van der Waals surface area contributed by atoms with Crippen LogP contribution in [-0.4, -0.2) is 0 Å². The summed E-state index contributed by atoms with van der Waals surface area (Å²) >= 11 is 6.23. The highest BCUT2D eigenvalue weighted by atomic mass is 35.5. The highest BCUT2D eigenvalue weighted by molar-refractivity contribution is 6.31. The van der Waals surface area contributed by atoms with Gasteiger partial charge in [0.25, 0.3) is 0 Å². The molecule has 2 aromatic rings. The molecule has 17 heavy (non-hydrogen) atoms. The van der Waals surface area contributed by atoms with E-state index in [-0.39, 0.29) is 0 Å². The maximum Gasteiger partial charge on any atom is 0.0388 e. The fraction of sp³-hybridized carbons (Fsp3) is 0.0667. The van der Waals surface area contributed by atoms with Crippen molar-refractivity contribution in [1.29, 1.82) is 0 Å². The lowest BCUT2D eigenvalue weighted by molar-refractivity contribution is 1.25. The predicted molar refractivity (Wildman–Crippen MR) is 74.8 cm³/mol. The third kappa shape index (κ3) is 3.36. The molecule has 0 fully saturated rings. The van der Waals surface area contributed by atoms with Crippen LogP contribution in [0.3, 0.4) is 0 Å². The van der Waals surface area contributed by atoms with E-state index < -0.39 is 0 Å². The average Bonchev–Trinajstić information content (AvgIpc) is 2.33. The Morgan fingerprint density at radius 2 is 1.65 bits per heavy atom. The minimum atomic E-state index is 0.733. The van der Waals surface area contributed by atoms with Gasteiger partial charge < -0.3 is 5.73 Å². The molecule has 0 aliphatic heterocycles. The Hall–Kier alpha value is -1.73. The van der Waals surface area contributed by atoms with Crippen LogP contribution in [0, 0.1) is 0 Å². The number of hydrogen-bond donors (Lipinski definition) is 1. The fourth-order valence-electron chi connectivity index (χ4n) is 1.65. The summed E-state index contributed by atoms with van der Waals surface area (Å²) in [5.41, 5.74) is 8.77. The zero-order chi connectivity index (χ0) is 12.1. The topological polar surface area (TPSA) is 26.0 Å². The number of benzene rings is 2. The van der Waals surface area contributed by atoms with Gasteiger partial charge in [-0.05, 0) is 23.3 Å². The first-order chi connectivity index (χ1) is 8.25. The van der Waals surface area contributed by atoms with Gasteiger partial charge in [-0.2, -0.15) is 0 Å². The average molecular weight is 244 g/mol. The summed E-state index contributed by atoms with van der Waals surface area (Å²) in [7, 11) is 0. The van der Waals surface area contributed by atoms with Crippen LogP contribution in [-0.2, 0) is 6.42 Å². The molecule has 0 radical (unpaired) electrons. The van der Waals surface area contributed by atoms with E-state index in [0.717, 1.165) is 22.7 Å². The van der Waals surface area contributed by atoms with Crippen molar-refractivity contribution in [1.82, 2.24) is 0 Å². The molecular weight excluding hydrogens is 230 g/mol. The van der Waals surface area contributed by atoms with Gasteiger partial charge in [0.1, 0.15) is 0 Å². The lowest BCUT2D eigenvalue weighted by atomic mass is 10.1. The van der Waals surface area contributed by atoms with E-state index in [1.807, 2.05) is 48.5 Å². The Morgan fingerprint density at radius 3 is 2.35 bits per heavy atom. The highest BCUT2D eigenvalue weighted by Crippen LogP contribution is 2.19. The van der Waals surface area contributed by atoms with Crippen molar-refractivity contribution in [2.24, 2.45) is 0 Å². The number of para-hydroxylation sites is 1. The fourth-order valence-corrected chi connectivity index (χ4v) is 1.92. The summed E-state index contributed by atoms with van der Waals surface area (Å²) in [5, 5.41) is 0.786. The van der Waals surface area contributed by atoms with E-state index in [0.29, 0.717) is 0 Å². The molecule has 0 aliphatic carbocycles. The molecule has 0 spiro atoms. The smallest absolute Gasteiger partial charge is 0.0388 e. The SMILES string of the molecule is Nc1ccccc1/C=C(\Cl)Cc1ccccc1. The van der Waals surface area contributed by atoms with Crippen LogP contribution in [0.5, 0.6) is 0 Å². The van der Waals surface area contributed by atoms with Crippen LogP contribution in [0.1, 0.15) is 11.1 Å². The number of hydrogen-bond acceptors (Lipinski definition) is 1.